The molecule has 0 aromatic carbocycles. The van der Waals surface area contributed by atoms with E-state index in [0.717, 1.165) is 5.56 Å². The maximum atomic E-state index is 3.92. The van der Waals surface area contributed by atoms with Gasteiger partial charge in [0.2, 0.25) is 0 Å². The number of hydrogen-bond acceptors (Lipinski definition) is 1. The Hall–Kier alpha value is -0.330. The van der Waals surface area contributed by atoms with E-state index in [2.05, 4.69) is 32.8 Å². The Kier molecular flexibility index (Phi) is 6.19. The fourth-order valence-corrected chi connectivity index (χ4v) is 0.712. The van der Waals surface area contributed by atoms with Crippen LogP contribution < -0.4 is 0 Å². The molecular weight excluding hydrogens is 270 g/mol. The summed E-state index contributed by atoms with van der Waals surface area (Å²) in [6.07, 6.45) is 3.48. The van der Waals surface area contributed by atoms with E-state index in [0.29, 0.717) is 5.33 Å². The van der Waals surface area contributed by atoms with E-state index in [-0.39, 0.29) is 17.0 Å². The third-order valence-electron chi connectivity index (χ3n) is 0.961. The van der Waals surface area contributed by atoms with Crippen molar-refractivity contribution >= 4 is 32.9 Å². The van der Waals surface area contributed by atoms with Gasteiger partial charge in [-0.25, -0.2) is 0 Å². The number of alkyl halides is 1. The molecule has 0 atom stereocenters. The average Bonchev–Trinajstić information content (AvgIpc) is 2.03. The van der Waals surface area contributed by atoms with Crippen molar-refractivity contribution in [2.24, 2.45) is 0 Å². The molecule has 0 unspecified atom stereocenters. The smallest absolute Gasteiger partial charge is 0.0649 e. The molecule has 11 heavy (non-hydrogen) atoms. The average molecular weight is 277 g/mol. The molecule has 1 aromatic heterocycles. The minimum atomic E-state index is 0. The van der Waals surface area contributed by atoms with Gasteiger partial charge in [-0.3, -0.25) is 4.98 Å². The van der Waals surface area contributed by atoms with E-state index >= 15 is 0 Å². The molecular formula is C8H7Br2N. The highest BCUT2D eigenvalue weighted by Gasteiger charge is 1.79. The topological polar surface area (TPSA) is 12.9 Å². The van der Waals surface area contributed by atoms with Gasteiger partial charge >= 0.3 is 0 Å². The summed E-state index contributed by atoms with van der Waals surface area (Å²) in [5.74, 6) is 5.83. The molecule has 1 nitrogen and oxygen atoms in total. The standard InChI is InChI=1S/C8H6BrN.BrH/c9-5-1-3-8-4-2-6-10-7-8;/h2,4,6-7H,5H2;1H. The van der Waals surface area contributed by atoms with Crippen LogP contribution in [0.3, 0.4) is 0 Å². The zero-order chi connectivity index (χ0) is 7.23. The third kappa shape index (κ3) is 4.18. The Bertz CT molecular complexity index is 248. The van der Waals surface area contributed by atoms with Crippen molar-refractivity contribution < 1.29 is 0 Å². The van der Waals surface area contributed by atoms with E-state index in [4.69, 9.17) is 0 Å². The Labute approximate surface area is 85.1 Å². The SMILES string of the molecule is Br.BrCC#Cc1cccnc1. The fourth-order valence-electron chi connectivity index (χ4n) is 0.572. The van der Waals surface area contributed by atoms with Crippen LogP contribution in [0.1, 0.15) is 5.56 Å². The molecule has 3 heteroatoms. The minimum absolute atomic E-state index is 0. The molecule has 0 saturated carbocycles. The third-order valence-corrected chi connectivity index (χ3v) is 1.24. The normalized spacial score (nSPS) is 7.36. The van der Waals surface area contributed by atoms with Gasteiger partial charge in [0, 0.05) is 18.0 Å². The maximum absolute atomic E-state index is 3.92. The number of halogens is 2. The van der Waals surface area contributed by atoms with E-state index in [9.17, 15) is 0 Å². The van der Waals surface area contributed by atoms with Crippen molar-refractivity contribution in [2.75, 3.05) is 5.33 Å². The number of aromatic nitrogens is 1. The summed E-state index contributed by atoms with van der Waals surface area (Å²) >= 11 is 3.21. The summed E-state index contributed by atoms with van der Waals surface area (Å²) < 4.78 is 0. The largest absolute Gasteiger partial charge is 0.263 e. The second-order valence-corrected chi connectivity index (χ2v) is 2.24. The van der Waals surface area contributed by atoms with Crippen LogP contribution in [-0.4, -0.2) is 10.3 Å². The van der Waals surface area contributed by atoms with Gasteiger partial charge in [-0.1, -0.05) is 27.8 Å². The van der Waals surface area contributed by atoms with Crippen LogP contribution in [0.5, 0.6) is 0 Å². The second-order valence-electron chi connectivity index (χ2n) is 1.68. The molecule has 0 aliphatic heterocycles. The molecule has 0 fully saturated rings. The lowest BCUT2D eigenvalue weighted by Crippen LogP contribution is -1.74. The van der Waals surface area contributed by atoms with E-state index in [1.54, 1.807) is 12.4 Å². The van der Waals surface area contributed by atoms with Crippen molar-refractivity contribution in [3.63, 3.8) is 0 Å². The quantitative estimate of drug-likeness (QED) is 0.524. The lowest BCUT2D eigenvalue weighted by Gasteiger charge is -1.83. The first kappa shape index (κ1) is 10.7. The first-order chi connectivity index (χ1) is 4.93. The lowest BCUT2D eigenvalue weighted by molar-refractivity contribution is 1.31. The Morgan fingerprint density at radius 1 is 1.55 bits per heavy atom. The Morgan fingerprint density at radius 3 is 2.91 bits per heavy atom. The first-order valence-corrected chi connectivity index (χ1v) is 4.00. The Morgan fingerprint density at radius 2 is 2.36 bits per heavy atom. The molecule has 0 saturated heterocycles. The summed E-state index contributed by atoms with van der Waals surface area (Å²) in [4.78, 5) is 3.92. The predicted octanol–water partition coefficient (Wildman–Crippen LogP) is 2.41. The van der Waals surface area contributed by atoms with Gasteiger partial charge < -0.3 is 0 Å². The molecule has 1 rings (SSSR count). The molecule has 0 N–H and O–H groups in total. The zero-order valence-electron chi connectivity index (χ0n) is 5.75. The van der Waals surface area contributed by atoms with Crippen LogP contribution >= 0.6 is 32.9 Å². The number of rotatable bonds is 0. The highest BCUT2D eigenvalue weighted by Crippen LogP contribution is 1.91. The first-order valence-electron chi connectivity index (χ1n) is 2.88. The van der Waals surface area contributed by atoms with Crippen molar-refractivity contribution in [3.8, 4) is 11.8 Å². The summed E-state index contributed by atoms with van der Waals surface area (Å²) in [7, 11) is 0. The fraction of sp³-hybridized carbons (Fsp3) is 0.125. The highest BCUT2D eigenvalue weighted by molar-refractivity contribution is 9.09. The van der Waals surface area contributed by atoms with Crippen LogP contribution in [0.15, 0.2) is 24.5 Å². The van der Waals surface area contributed by atoms with Crippen LogP contribution in [-0.2, 0) is 0 Å². The van der Waals surface area contributed by atoms with E-state index < -0.39 is 0 Å². The van der Waals surface area contributed by atoms with Crippen LogP contribution in [0.2, 0.25) is 0 Å². The molecule has 1 heterocycles. The summed E-state index contributed by atoms with van der Waals surface area (Å²) in [5, 5.41) is 0.710. The molecule has 0 bridgehead atoms. The molecule has 0 amide bonds. The Balaban J connectivity index is 0.000001000. The molecule has 1 aromatic rings. The van der Waals surface area contributed by atoms with E-state index in [1.807, 2.05) is 12.1 Å². The summed E-state index contributed by atoms with van der Waals surface area (Å²) in [6.45, 7) is 0. The predicted molar refractivity (Wildman–Crippen MR) is 55.2 cm³/mol. The van der Waals surface area contributed by atoms with Crippen LogP contribution in [0.4, 0.5) is 0 Å². The summed E-state index contributed by atoms with van der Waals surface area (Å²) in [5.41, 5.74) is 0.960. The van der Waals surface area contributed by atoms with Gasteiger partial charge in [0.25, 0.3) is 0 Å². The maximum Gasteiger partial charge on any atom is 0.0649 e. The molecule has 0 aliphatic rings. The van der Waals surface area contributed by atoms with E-state index in [1.165, 1.54) is 0 Å². The monoisotopic (exact) mass is 275 g/mol. The molecule has 0 aliphatic carbocycles. The number of pyridine rings is 1. The second kappa shape index (κ2) is 6.38. The van der Waals surface area contributed by atoms with Crippen molar-refractivity contribution in [3.05, 3.63) is 30.1 Å². The van der Waals surface area contributed by atoms with Gasteiger partial charge in [-0.15, -0.1) is 17.0 Å². The number of nitrogens with zero attached hydrogens (tertiary/aromatic N) is 1. The van der Waals surface area contributed by atoms with Crippen molar-refractivity contribution in [2.45, 2.75) is 0 Å². The van der Waals surface area contributed by atoms with Crippen LogP contribution in [0.25, 0.3) is 0 Å². The number of hydrogen-bond donors (Lipinski definition) is 0. The highest BCUT2D eigenvalue weighted by atomic mass is 79.9. The zero-order valence-corrected chi connectivity index (χ0v) is 9.05. The minimum Gasteiger partial charge on any atom is -0.263 e. The molecule has 0 radical (unpaired) electrons. The van der Waals surface area contributed by atoms with Gasteiger partial charge in [-0.2, -0.15) is 0 Å². The van der Waals surface area contributed by atoms with Crippen molar-refractivity contribution in [1.82, 2.24) is 4.98 Å². The van der Waals surface area contributed by atoms with Gasteiger partial charge in [0.1, 0.15) is 0 Å². The molecule has 58 valence electrons. The van der Waals surface area contributed by atoms with Gasteiger partial charge in [-0.05, 0) is 12.1 Å². The molecule has 0 spiro atoms. The van der Waals surface area contributed by atoms with Gasteiger partial charge in [0.05, 0.1) is 5.33 Å². The van der Waals surface area contributed by atoms with Crippen molar-refractivity contribution in [1.29, 1.82) is 0 Å². The van der Waals surface area contributed by atoms with Crippen LogP contribution in [0, 0.1) is 11.8 Å². The lowest BCUT2D eigenvalue weighted by atomic mass is 10.3. The van der Waals surface area contributed by atoms with Gasteiger partial charge in [0.15, 0.2) is 0 Å². The summed E-state index contributed by atoms with van der Waals surface area (Å²) in [6, 6.07) is 3.81.